The first-order valence-electron chi connectivity index (χ1n) is 17.4. The number of amides is 2. The second-order valence-corrected chi connectivity index (χ2v) is 15.0. The van der Waals surface area contributed by atoms with Gasteiger partial charge < -0.3 is 30.2 Å². The molecule has 4 aliphatic rings. The topological polar surface area (TPSA) is 120 Å². The summed E-state index contributed by atoms with van der Waals surface area (Å²) < 4.78 is 49.2. The Bertz CT molecular complexity index is 1780. The number of para-hydroxylation sites is 2. The van der Waals surface area contributed by atoms with Gasteiger partial charge >= 0.3 is 18.0 Å². The Labute approximate surface area is 296 Å². The van der Waals surface area contributed by atoms with Crippen molar-refractivity contribution in [1.82, 2.24) is 29.2 Å². The number of H-pyrrole nitrogens is 1. The van der Waals surface area contributed by atoms with Crippen LogP contribution in [0.2, 0.25) is 0 Å². The van der Waals surface area contributed by atoms with Gasteiger partial charge in [0, 0.05) is 74.3 Å². The van der Waals surface area contributed by atoms with E-state index in [1.54, 1.807) is 9.47 Å². The number of aromatic nitrogens is 2. The van der Waals surface area contributed by atoms with E-state index < -0.39 is 35.5 Å². The molecule has 2 bridgehead atoms. The summed E-state index contributed by atoms with van der Waals surface area (Å²) in [6, 6.07) is 11.3. The predicted octanol–water partition coefficient (Wildman–Crippen LogP) is 4.85. The maximum atomic E-state index is 14.1. The van der Waals surface area contributed by atoms with Gasteiger partial charge in [0.1, 0.15) is 0 Å². The van der Waals surface area contributed by atoms with Gasteiger partial charge in [-0.05, 0) is 91.3 Å². The van der Waals surface area contributed by atoms with Crippen LogP contribution in [0.1, 0.15) is 55.7 Å². The molecule has 3 atom stereocenters. The van der Waals surface area contributed by atoms with Gasteiger partial charge in [-0.1, -0.05) is 12.1 Å². The number of likely N-dealkylation sites (tertiary alicyclic amines) is 1. The molecule has 0 radical (unpaired) electrons. The van der Waals surface area contributed by atoms with Gasteiger partial charge in [0.2, 0.25) is 0 Å². The van der Waals surface area contributed by atoms with Gasteiger partial charge in [0.05, 0.1) is 22.3 Å². The number of nitrogen functional groups attached to an aromatic ring is 1. The number of imidazole rings is 1. The van der Waals surface area contributed by atoms with Crippen molar-refractivity contribution in [3.8, 4) is 0 Å². The van der Waals surface area contributed by atoms with Crippen LogP contribution in [0.5, 0.6) is 0 Å². The highest BCUT2D eigenvalue weighted by atomic mass is 79.9. The number of carbonyl (C=O) groups is 2. The number of fused-ring (bicyclic) bond motifs is 3. The summed E-state index contributed by atoms with van der Waals surface area (Å²) in [6.45, 7) is 2.84. The van der Waals surface area contributed by atoms with Gasteiger partial charge in [-0.2, -0.15) is 13.2 Å². The molecule has 50 heavy (non-hydrogen) atoms. The molecular weight excluding hydrogens is 719 g/mol. The highest BCUT2D eigenvalue weighted by Gasteiger charge is 2.42. The minimum Gasteiger partial charge on any atom is -0.436 e. The molecule has 15 heteroatoms. The van der Waals surface area contributed by atoms with E-state index in [1.165, 1.54) is 23.8 Å². The van der Waals surface area contributed by atoms with Gasteiger partial charge in [-0.15, -0.1) is 0 Å². The zero-order chi connectivity index (χ0) is 35.3. The Morgan fingerprint density at radius 2 is 1.60 bits per heavy atom. The first kappa shape index (κ1) is 34.9. The van der Waals surface area contributed by atoms with E-state index in [4.69, 9.17) is 10.5 Å². The fourth-order valence-electron chi connectivity index (χ4n) is 8.55. The third-order valence-electron chi connectivity index (χ3n) is 11.4. The molecule has 0 aliphatic carbocycles. The molecule has 0 saturated carbocycles. The largest absolute Gasteiger partial charge is 0.436 e. The van der Waals surface area contributed by atoms with Crippen molar-refractivity contribution in [3.63, 3.8) is 0 Å². The number of anilines is 1. The third kappa shape index (κ3) is 6.88. The molecule has 0 spiro atoms. The number of nitrogens with two attached hydrogens (primary N) is 1. The number of carbonyl (C=O) groups excluding carboxylic acids is 2. The molecule has 4 saturated heterocycles. The van der Waals surface area contributed by atoms with Crippen LogP contribution in [-0.2, 0) is 22.1 Å². The molecule has 1 aromatic heterocycles. The predicted molar refractivity (Wildman–Crippen MR) is 186 cm³/mol. The number of piperazine rings is 1. The van der Waals surface area contributed by atoms with E-state index in [-0.39, 0.29) is 28.2 Å². The van der Waals surface area contributed by atoms with E-state index >= 15 is 0 Å². The summed E-state index contributed by atoms with van der Waals surface area (Å²) in [5, 5.41) is 0. The molecule has 5 heterocycles. The molecule has 270 valence electrons. The minimum absolute atomic E-state index is 0.0511. The number of halogens is 4. The molecule has 3 aromatic rings. The first-order valence-corrected chi connectivity index (χ1v) is 18.2. The van der Waals surface area contributed by atoms with Gasteiger partial charge in [-0.25, -0.2) is 9.59 Å². The van der Waals surface area contributed by atoms with Crippen molar-refractivity contribution < 1.29 is 27.5 Å². The smallest absolute Gasteiger partial charge is 0.418 e. The SMILES string of the molecule is CN1C2CCC1CC(N1CCN(C(=O)[C@@H](Cc3cc(Br)c(N)c(C(F)(F)F)c3)OC(=O)N3CCC(n4c(=O)[nH]c5ccccc54)CC3)CC1)C2. The number of hydrogen-bond donors (Lipinski definition) is 2. The lowest BCUT2D eigenvalue weighted by Gasteiger charge is -2.45. The van der Waals surface area contributed by atoms with E-state index in [1.807, 2.05) is 24.3 Å². The number of ether oxygens (including phenoxy) is 1. The number of aromatic amines is 1. The lowest BCUT2D eigenvalue weighted by molar-refractivity contribution is -0.143. The standard InChI is InChI=1S/C35H43BrF3N7O4/c1-42-23-6-7-24(42)20-25(19-23)43-12-14-44(15-13-43)32(47)30(18-21-16-26(35(37,38)39)31(40)27(36)17-21)50-34(49)45-10-8-22(9-11-45)46-29-5-3-2-4-28(29)41-33(46)48/h2-5,16-17,22-25,30H,6-15,18-20,40H2,1H3,(H,41,48)/t23?,24?,25?,30-/m1/s1. The fraction of sp³-hybridized carbons (Fsp3) is 0.571. The lowest BCUT2D eigenvalue weighted by Crippen LogP contribution is -2.57. The molecule has 4 fully saturated rings. The molecule has 11 nitrogen and oxygen atoms in total. The van der Waals surface area contributed by atoms with Crippen LogP contribution in [0.15, 0.2) is 45.7 Å². The molecule has 2 unspecified atom stereocenters. The number of rotatable bonds is 6. The van der Waals surface area contributed by atoms with E-state index in [0.29, 0.717) is 70.2 Å². The van der Waals surface area contributed by atoms with Crippen molar-refractivity contribution in [2.75, 3.05) is 52.0 Å². The summed E-state index contributed by atoms with van der Waals surface area (Å²) in [6.07, 6.45) is -1.34. The first-order chi connectivity index (χ1) is 23.9. The molecule has 3 N–H and O–H groups in total. The van der Waals surface area contributed by atoms with Crippen LogP contribution in [0, 0.1) is 0 Å². The maximum absolute atomic E-state index is 14.1. The Balaban J connectivity index is 1.05. The summed E-state index contributed by atoms with van der Waals surface area (Å²) in [5.74, 6) is -0.428. The van der Waals surface area contributed by atoms with Gasteiger partial charge in [0.15, 0.2) is 6.10 Å². The highest BCUT2D eigenvalue weighted by molar-refractivity contribution is 9.10. The average Bonchev–Trinajstić information content (AvgIpc) is 3.51. The normalized spacial score (nSPS) is 24.5. The average molecular weight is 763 g/mol. The van der Waals surface area contributed by atoms with E-state index in [0.717, 1.165) is 29.9 Å². The zero-order valence-electron chi connectivity index (χ0n) is 28.0. The molecule has 2 aromatic carbocycles. The highest BCUT2D eigenvalue weighted by Crippen LogP contribution is 2.39. The van der Waals surface area contributed by atoms with Crippen molar-refractivity contribution in [2.45, 2.75) is 81.4 Å². The summed E-state index contributed by atoms with van der Waals surface area (Å²) in [5.41, 5.74) is 5.77. The van der Waals surface area contributed by atoms with Gasteiger partial charge in [0.25, 0.3) is 5.91 Å². The minimum atomic E-state index is -4.71. The van der Waals surface area contributed by atoms with Crippen LogP contribution in [0.4, 0.5) is 23.7 Å². The second kappa shape index (κ2) is 13.9. The number of piperidine rings is 2. The summed E-state index contributed by atoms with van der Waals surface area (Å²) in [7, 11) is 2.21. The number of nitrogens with one attached hydrogen (secondary N) is 1. The van der Waals surface area contributed by atoms with E-state index in [9.17, 15) is 27.6 Å². The third-order valence-corrected chi connectivity index (χ3v) is 12.0. The second-order valence-electron chi connectivity index (χ2n) is 14.2. The quantitative estimate of drug-likeness (QED) is 0.345. The fourth-order valence-corrected chi connectivity index (χ4v) is 9.06. The Kier molecular flexibility index (Phi) is 9.67. The van der Waals surface area contributed by atoms with Crippen molar-refractivity contribution in [1.29, 1.82) is 0 Å². The van der Waals surface area contributed by atoms with Crippen LogP contribution in [0.25, 0.3) is 11.0 Å². The van der Waals surface area contributed by atoms with Crippen molar-refractivity contribution in [2.24, 2.45) is 0 Å². The molecule has 2 amide bonds. The van der Waals surface area contributed by atoms with Crippen LogP contribution in [-0.4, -0.2) is 112 Å². The van der Waals surface area contributed by atoms with Crippen molar-refractivity contribution >= 4 is 44.7 Å². The summed E-state index contributed by atoms with van der Waals surface area (Å²) >= 11 is 3.14. The molecule has 7 rings (SSSR count). The number of hydrogen-bond acceptors (Lipinski definition) is 7. The van der Waals surface area contributed by atoms with Gasteiger partial charge in [-0.3, -0.25) is 14.3 Å². The number of alkyl halides is 3. The Morgan fingerprint density at radius 3 is 2.26 bits per heavy atom. The molecule has 4 aliphatic heterocycles. The van der Waals surface area contributed by atoms with Crippen LogP contribution >= 0.6 is 15.9 Å². The molecular formula is C35H43BrF3N7O4. The number of nitrogens with zero attached hydrogens (tertiary/aromatic N) is 5. The van der Waals surface area contributed by atoms with Crippen LogP contribution in [0.3, 0.4) is 0 Å². The Hall–Kier alpha value is -3.56. The van der Waals surface area contributed by atoms with Crippen molar-refractivity contribution in [3.05, 3.63) is 62.5 Å². The lowest BCUT2D eigenvalue weighted by atomic mass is 9.96. The maximum Gasteiger partial charge on any atom is 0.418 e. The monoisotopic (exact) mass is 761 g/mol. The Morgan fingerprint density at radius 1 is 0.940 bits per heavy atom. The number of benzene rings is 2. The zero-order valence-corrected chi connectivity index (χ0v) is 29.6. The van der Waals surface area contributed by atoms with E-state index in [2.05, 4.69) is 37.8 Å². The van der Waals surface area contributed by atoms with Crippen LogP contribution < -0.4 is 11.4 Å². The summed E-state index contributed by atoms with van der Waals surface area (Å²) in [4.78, 5) is 51.4.